The summed E-state index contributed by atoms with van der Waals surface area (Å²) in [6.07, 6.45) is 0.993. The summed E-state index contributed by atoms with van der Waals surface area (Å²) in [6.45, 7) is 5.65. The van der Waals surface area contributed by atoms with Gasteiger partial charge in [-0.15, -0.1) is 0 Å². The summed E-state index contributed by atoms with van der Waals surface area (Å²) in [5, 5.41) is 3.30. The van der Waals surface area contributed by atoms with Gasteiger partial charge in [0.2, 0.25) is 0 Å². The van der Waals surface area contributed by atoms with E-state index in [1.165, 1.54) is 0 Å². The quantitative estimate of drug-likeness (QED) is 0.688. The first-order valence-electron chi connectivity index (χ1n) is 4.62. The van der Waals surface area contributed by atoms with Gasteiger partial charge in [-0.05, 0) is 38.9 Å². The highest BCUT2D eigenvalue weighted by atomic mass is 14.9. The fraction of sp³-hybridized carbons (Fsp3) is 0.500. The minimum absolute atomic E-state index is 0.728. The van der Waals surface area contributed by atoms with Gasteiger partial charge in [-0.25, -0.2) is 0 Å². The van der Waals surface area contributed by atoms with Gasteiger partial charge in [0, 0.05) is 12.2 Å². The van der Waals surface area contributed by atoms with Crippen LogP contribution in [0.5, 0.6) is 0 Å². The monoisotopic (exact) mass is 179 g/mol. The van der Waals surface area contributed by atoms with Crippen molar-refractivity contribution in [1.82, 2.24) is 4.98 Å². The maximum atomic E-state index is 5.40. The molecular weight excluding hydrogens is 162 g/mol. The molecule has 0 bridgehead atoms. The summed E-state index contributed by atoms with van der Waals surface area (Å²) in [5.74, 6) is 0. The number of nitrogens with one attached hydrogen (secondary N) is 1. The summed E-state index contributed by atoms with van der Waals surface area (Å²) in [5.41, 5.74) is 8.62. The zero-order valence-corrected chi connectivity index (χ0v) is 8.30. The topological polar surface area (TPSA) is 50.9 Å². The van der Waals surface area contributed by atoms with Gasteiger partial charge in [0.05, 0.1) is 11.4 Å². The molecule has 0 aromatic carbocycles. The third-order valence-electron chi connectivity index (χ3n) is 1.92. The van der Waals surface area contributed by atoms with Gasteiger partial charge in [-0.1, -0.05) is 0 Å². The van der Waals surface area contributed by atoms with Gasteiger partial charge >= 0.3 is 0 Å². The van der Waals surface area contributed by atoms with Crippen molar-refractivity contribution in [2.24, 2.45) is 5.73 Å². The third kappa shape index (κ3) is 3.03. The summed E-state index contributed by atoms with van der Waals surface area (Å²) < 4.78 is 0. The predicted molar refractivity (Wildman–Crippen MR) is 55.9 cm³/mol. The molecule has 0 radical (unpaired) electrons. The Balaban J connectivity index is 2.56. The number of nitrogens with zero attached hydrogens (tertiary/aromatic N) is 1. The van der Waals surface area contributed by atoms with E-state index in [0.29, 0.717) is 0 Å². The zero-order valence-electron chi connectivity index (χ0n) is 8.30. The van der Waals surface area contributed by atoms with Crippen molar-refractivity contribution in [3.05, 3.63) is 23.5 Å². The molecule has 0 unspecified atom stereocenters. The van der Waals surface area contributed by atoms with E-state index in [4.69, 9.17) is 5.73 Å². The number of aromatic nitrogens is 1. The van der Waals surface area contributed by atoms with E-state index >= 15 is 0 Å². The van der Waals surface area contributed by atoms with Crippen molar-refractivity contribution >= 4 is 5.69 Å². The predicted octanol–water partition coefficient (Wildman–Crippen LogP) is 1.46. The van der Waals surface area contributed by atoms with Crippen LogP contribution in [0.3, 0.4) is 0 Å². The van der Waals surface area contributed by atoms with Crippen molar-refractivity contribution in [2.45, 2.75) is 20.3 Å². The molecule has 1 aromatic heterocycles. The third-order valence-corrected chi connectivity index (χ3v) is 1.92. The molecule has 1 heterocycles. The Morgan fingerprint density at radius 2 is 2.15 bits per heavy atom. The summed E-state index contributed by atoms with van der Waals surface area (Å²) in [6, 6.07) is 4.08. The normalized spacial score (nSPS) is 10.1. The number of aryl methyl sites for hydroxylation is 2. The average molecular weight is 179 g/mol. The number of hydrogen-bond donors (Lipinski definition) is 2. The molecule has 0 amide bonds. The first-order chi connectivity index (χ1) is 6.24. The molecule has 0 aliphatic carbocycles. The molecule has 3 nitrogen and oxygen atoms in total. The molecule has 0 saturated heterocycles. The van der Waals surface area contributed by atoms with Crippen molar-refractivity contribution < 1.29 is 0 Å². The molecule has 0 atom stereocenters. The van der Waals surface area contributed by atoms with Gasteiger partial charge in [0.15, 0.2) is 0 Å². The molecule has 13 heavy (non-hydrogen) atoms. The number of nitrogens with two attached hydrogens (primary N) is 1. The molecule has 72 valence electrons. The Kier molecular flexibility index (Phi) is 3.71. The maximum absolute atomic E-state index is 5.40. The van der Waals surface area contributed by atoms with Gasteiger partial charge in [-0.2, -0.15) is 0 Å². The summed E-state index contributed by atoms with van der Waals surface area (Å²) in [7, 11) is 0. The van der Waals surface area contributed by atoms with Crippen molar-refractivity contribution in [3.8, 4) is 0 Å². The Bertz CT molecular complexity index is 271. The molecule has 0 fully saturated rings. The minimum atomic E-state index is 0.728. The standard InChI is InChI=1S/C10H17N3/c1-8-4-5-10(9(2)13-8)12-7-3-6-11/h4-5,12H,3,6-7,11H2,1-2H3. The van der Waals surface area contributed by atoms with Crippen LogP contribution in [0.1, 0.15) is 17.8 Å². The SMILES string of the molecule is Cc1ccc(NCCCN)c(C)n1. The molecule has 1 rings (SSSR count). The van der Waals surface area contributed by atoms with E-state index in [1.807, 2.05) is 19.9 Å². The first kappa shape index (κ1) is 9.99. The lowest BCUT2D eigenvalue weighted by atomic mass is 10.2. The highest BCUT2D eigenvalue weighted by Crippen LogP contribution is 2.11. The highest BCUT2D eigenvalue weighted by molar-refractivity contribution is 5.47. The molecule has 3 heteroatoms. The summed E-state index contributed by atoms with van der Waals surface area (Å²) >= 11 is 0. The Morgan fingerprint density at radius 1 is 1.38 bits per heavy atom. The van der Waals surface area contributed by atoms with Crippen LogP contribution in [0.4, 0.5) is 5.69 Å². The van der Waals surface area contributed by atoms with Gasteiger partial charge in [0.1, 0.15) is 0 Å². The smallest absolute Gasteiger partial charge is 0.0606 e. The van der Waals surface area contributed by atoms with E-state index in [-0.39, 0.29) is 0 Å². The Morgan fingerprint density at radius 3 is 2.77 bits per heavy atom. The van der Waals surface area contributed by atoms with Crippen LogP contribution in [0.25, 0.3) is 0 Å². The van der Waals surface area contributed by atoms with E-state index in [1.54, 1.807) is 0 Å². The molecule has 1 aromatic rings. The fourth-order valence-electron chi connectivity index (χ4n) is 1.20. The van der Waals surface area contributed by atoms with E-state index in [0.717, 1.165) is 36.6 Å². The lowest BCUT2D eigenvalue weighted by Crippen LogP contribution is -2.09. The van der Waals surface area contributed by atoms with Crippen LogP contribution < -0.4 is 11.1 Å². The van der Waals surface area contributed by atoms with Crippen LogP contribution >= 0.6 is 0 Å². The minimum Gasteiger partial charge on any atom is -0.384 e. The number of rotatable bonds is 4. The number of anilines is 1. The fourth-order valence-corrected chi connectivity index (χ4v) is 1.20. The van der Waals surface area contributed by atoms with Crippen LogP contribution in [0.15, 0.2) is 12.1 Å². The van der Waals surface area contributed by atoms with E-state index < -0.39 is 0 Å². The van der Waals surface area contributed by atoms with Crippen LogP contribution in [0, 0.1) is 13.8 Å². The molecular formula is C10H17N3. The molecule has 0 aliphatic heterocycles. The van der Waals surface area contributed by atoms with E-state index in [2.05, 4.69) is 16.4 Å². The molecule has 3 N–H and O–H groups in total. The lowest BCUT2D eigenvalue weighted by molar-refractivity contribution is 0.871. The second-order valence-corrected chi connectivity index (χ2v) is 3.15. The van der Waals surface area contributed by atoms with E-state index in [9.17, 15) is 0 Å². The summed E-state index contributed by atoms with van der Waals surface area (Å²) in [4.78, 5) is 4.36. The van der Waals surface area contributed by atoms with Gasteiger partial charge in [-0.3, -0.25) is 4.98 Å². The van der Waals surface area contributed by atoms with Crippen LogP contribution in [0.2, 0.25) is 0 Å². The average Bonchev–Trinajstić information content (AvgIpc) is 2.09. The first-order valence-corrected chi connectivity index (χ1v) is 4.62. The van der Waals surface area contributed by atoms with Crippen LogP contribution in [-0.2, 0) is 0 Å². The van der Waals surface area contributed by atoms with Crippen molar-refractivity contribution in [3.63, 3.8) is 0 Å². The maximum Gasteiger partial charge on any atom is 0.0606 e. The molecule has 0 saturated carbocycles. The number of hydrogen-bond acceptors (Lipinski definition) is 3. The van der Waals surface area contributed by atoms with Crippen LogP contribution in [-0.4, -0.2) is 18.1 Å². The molecule has 0 aliphatic rings. The van der Waals surface area contributed by atoms with Crippen molar-refractivity contribution in [1.29, 1.82) is 0 Å². The largest absolute Gasteiger partial charge is 0.384 e. The second-order valence-electron chi connectivity index (χ2n) is 3.15. The van der Waals surface area contributed by atoms with Gasteiger partial charge < -0.3 is 11.1 Å². The Hall–Kier alpha value is -1.09. The second kappa shape index (κ2) is 4.82. The zero-order chi connectivity index (χ0) is 9.68. The number of pyridine rings is 1. The van der Waals surface area contributed by atoms with Gasteiger partial charge in [0.25, 0.3) is 0 Å². The lowest BCUT2D eigenvalue weighted by Gasteiger charge is -2.08. The Labute approximate surface area is 79.4 Å². The molecule has 0 spiro atoms. The van der Waals surface area contributed by atoms with Crippen molar-refractivity contribution in [2.75, 3.05) is 18.4 Å². The highest BCUT2D eigenvalue weighted by Gasteiger charge is 1.97.